The van der Waals surface area contributed by atoms with Gasteiger partial charge >= 0.3 is 0 Å². The van der Waals surface area contributed by atoms with E-state index in [1.165, 1.54) is 0 Å². The molecule has 4 atom stereocenters. The average Bonchev–Trinajstić information content (AvgIpc) is 2.76. The van der Waals surface area contributed by atoms with Crippen molar-refractivity contribution in [3.63, 3.8) is 0 Å². The number of amides is 2. The third-order valence-corrected chi connectivity index (χ3v) is 3.90. The monoisotopic (exact) mass is 181 g/mol. The van der Waals surface area contributed by atoms with Crippen molar-refractivity contribution < 1.29 is 14.8 Å². The van der Waals surface area contributed by atoms with Crippen LogP contribution in [0.3, 0.4) is 0 Å². The fourth-order valence-corrected chi connectivity index (χ4v) is 3.39. The highest BCUT2D eigenvalue weighted by Gasteiger charge is 2.60. The van der Waals surface area contributed by atoms with Crippen LogP contribution in [0.25, 0.3) is 0 Å². The second kappa shape index (κ2) is 2.12. The molecular weight excluding hydrogens is 170 g/mol. The summed E-state index contributed by atoms with van der Waals surface area (Å²) in [6, 6.07) is 0. The van der Waals surface area contributed by atoms with Crippen LogP contribution in [0.2, 0.25) is 0 Å². The van der Waals surface area contributed by atoms with Gasteiger partial charge in [0.05, 0.1) is 11.8 Å². The predicted octanol–water partition coefficient (Wildman–Crippen LogP) is 0.407. The first-order chi connectivity index (χ1) is 6.20. The number of carbonyl (C=O) groups excluding carboxylic acids is 2. The molecule has 13 heavy (non-hydrogen) atoms. The van der Waals surface area contributed by atoms with Crippen molar-refractivity contribution in [2.45, 2.75) is 19.3 Å². The fraction of sp³-hybridized carbons (Fsp3) is 0.778. The van der Waals surface area contributed by atoms with E-state index in [1.807, 2.05) is 0 Å². The maximum atomic E-state index is 11.4. The third-order valence-electron chi connectivity index (χ3n) is 3.90. The lowest BCUT2D eigenvalue weighted by atomic mass is 9.81. The number of nitrogens with zero attached hydrogens (tertiary/aromatic N) is 1. The summed E-state index contributed by atoms with van der Waals surface area (Å²) in [5.41, 5.74) is 0. The van der Waals surface area contributed by atoms with E-state index in [1.54, 1.807) is 0 Å². The van der Waals surface area contributed by atoms with E-state index in [-0.39, 0.29) is 23.7 Å². The lowest BCUT2D eigenvalue weighted by Crippen LogP contribution is -2.29. The highest BCUT2D eigenvalue weighted by Crippen LogP contribution is 2.55. The van der Waals surface area contributed by atoms with Gasteiger partial charge in [0.15, 0.2) is 0 Å². The molecule has 2 bridgehead atoms. The average molecular weight is 181 g/mol. The first kappa shape index (κ1) is 7.50. The van der Waals surface area contributed by atoms with E-state index in [9.17, 15) is 9.59 Å². The van der Waals surface area contributed by atoms with E-state index < -0.39 is 0 Å². The second-order valence-corrected chi connectivity index (χ2v) is 4.37. The Morgan fingerprint density at radius 3 is 2.00 bits per heavy atom. The van der Waals surface area contributed by atoms with Gasteiger partial charge in [-0.25, -0.2) is 0 Å². The molecule has 2 saturated carbocycles. The van der Waals surface area contributed by atoms with Crippen LogP contribution >= 0.6 is 0 Å². The molecular formula is C9H11NO3. The maximum Gasteiger partial charge on any atom is 0.257 e. The molecule has 1 N–H and O–H groups in total. The number of imide groups is 1. The highest BCUT2D eigenvalue weighted by molar-refractivity contribution is 6.04. The number of fused-ring (bicyclic) bond motifs is 5. The van der Waals surface area contributed by atoms with Gasteiger partial charge in [0, 0.05) is 0 Å². The Hall–Kier alpha value is -0.900. The lowest BCUT2D eigenvalue weighted by molar-refractivity contribution is -0.174. The number of hydrogen-bond donors (Lipinski definition) is 1. The quantitative estimate of drug-likeness (QED) is 0.435. The molecule has 0 unspecified atom stereocenters. The van der Waals surface area contributed by atoms with E-state index in [2.05, 4.69) is 0 Å². The Bertz CT molecular complexity index is 273. The Morgan fingerprint density at radius 1 is 1.08 bits per heavy atom. The van der Waals surface area contributed by atoms with Crippen LogP contribution in [0.5, 0.6) is 0 Å². The zero-order valence-corrected chi connectivity index (χ0v) is 7.14. The van der Waals surface area contributed by atoms with Crippen LogP contribution in [-0.4, -0.2) is 22.1 Å². The molecule has 1 saturated heterocycles. The van der Waals surface area contributed by atoms with E-state index in [4.69, 9.17) is 5.21 Å². The number of carbonyl (C=O) groups is 2. The second-order valence-electron chi connectivity index (χ2n) is 4.37. The van der Waals surface area contributed by atoms with Crippen molar-refractivity contribution in [1.29, 1.82) is 0 Å². The maximum absolute atomic E-state index is 11.4. The van der Waals surface area contributed by atoms with Gasteiger partial charge in [-0.15, -0.1) is 0 Å². The molecule has 3 rings (SSSR count). The van der Waals surface area contributed by atoms with Crippen LogP contribution in [0.15, 0.2) is 0 Å². The van der Waals surface area contributed by atoms with Crippen LogP contribution in [0, 0.1) is 23.7 Å². The molecule has 2 aliphatic carbocycles. The molecule has 1 aliphatic heterocycles. The summed E-state index contributed by atoms with van der Waals surface area (Å²) in [6.07, 6.45) is 3.12. The first-order valence-corrected chi connectivity index (χ1v) is 4.77. The molecule has 4 nitrogen and oxygen atoms in total. The molecule has 1 heterocycles. The minimum atomic E-state index is -0.359. The van der Waals surface area contributed by atoms with Crippen molar-refractivity contribution in [2.75, 3.05) is 0 Å². The molecule has 70 valence electrons. The molecule has 0 aromatic carbocycles. The zero-order valence-electron chi connectivity index (χ0n) is 7.14. The highest BCUT2D eigenvalue weighted by atomic mass is 16.5. The number of hydrogen-bond acceptors (Lipinski definition) is 3. The van der Waals surface area contributed by atoms with Crippen LogP contribution < -0.4 is 0 Å². The Kier molecular flexibility index (Phi) is 1.22. The summed E-state index contributed by atoms with van der Waals surface area (Å²) in [6.45, 7) is 0. The standard InChI is InChI=1S/C9H11NO3/c11-8-6-4-1-2-5(3-4)7(6)9(12)10(8)13/h4-7,13H,1-3H2/t4-,5-,6-,7-/m1/s1. The molecule has 4 heteroatoms. The summed E-state index contributed by atoms with van der Waals surface area (Å²) < 4.78 is 0. The number of hydroxylamine groups is 2. The van der Waals surface area contributed by atoms with Gasteiger partial charge < -0.3 is 0 Å². The van der Waals surface area contributed by atoms with Gasteiger partial charge in [-0.1, -0.05) is 0 Å². The molecule has 0 spiro atoms. The van der Waals surface area contributed by atoms with Gasteiger partial charge in [-0.3, -0.25) is 14.8 Å². The normalized spacial score (nSPS) is 47.6. The van der Waals surface area contributed by atoms with Crippen molar-refractivity contribution in [1.82, 2.24) is 5.06 Å². The van der Waals surface area contributed by atoms with Crippen molar-refractivity contribution >= 4 is 11.8 Å². The largest absolute Gasteiger partial charge is 0.278 e. The summed E-state index contributed by atoms with van der Waals surface area (Å²) in [5.74, 6) is -0.357. The minimum absolute atomic E-state index is 0.184. The molecule has 2 amide bonds. The summed E-state index contributed by atoms with van der Waals surface area (Å²) in [5, 5.41) is 9.52. The lowest BCUT2D eigenvalue weighted by Gasteiger charge is -2.18. The summed E-state index contributed by atoms with van der Waals surface area (Å²) in [7, 11) is 0. The van der Waals surface area contributed by atoms with E-state index in [0.717, 1.165) is 19.3 Å². The Morgan fingerprint density at radius 2 is 1.54 bits per heavy atom. The predicted molar refractivity (Wildman–Crippen MR) is 41.5 cm³/mol. The third kappa shape index (κ3) is 0.705. The van der Waals surface area contributed by atoms with E-state index in [0.29, 0.717) is 16.9 Å². The smallest absolute Gasteiger partial charge is 0.257 e. The van der Waals surface area contributed by atoms with Gasteiger partial charge in [0.25, 0.3) is 11.8 Å². The van der Waals surface area contributed by atoms with Crippen LogP contribution in [0.1, 0.15) is 19.3 Å². The molecule has 0 aromatic rings. The van der Waals surface area contributed by atoms with Crippen molar-refractivity contribution in [3.05, 3.63) is 0 Å². The van der Waals surface area contributed by atoms with E-state index >= 15 is 0 Å². The summed E-state index contributed by atoms with van der Waals surface area (Å²) in [4.78, 5) is 22.9. The van der Waals surface area contributed by atoms with Gasteiger partial charge in [-0.05, 0) is 31.1 Å². The van der Waals surface area contributed by atoms with Crippen LogP contribution in [-0.2, 0) is 9.59 Å². The Balaban J connectivity index is 2.03. The molecule has 3 aliphatic rings. The molecule has 0 radical (unpaired) electrons. The number of rotatable bonds is 0. The zero-order chi connectivity index (χ0) is 9.16. The van der Waals surface area contributed by atoms with Crippen LogP contribution in [0.4, 0.5) is 0 Å². The fourth-order valence-electron chi connectivity index (χ4n) is 3.39. The topological polar surface area (TPSA) is 57.6 Å². The Labute approximate surface area is 75.5 Å². The minimum Gasteiger partial charge on any atom is -0.278 e. The van der Waals surface area contributed by atoms with Crippen molar-refractivity contribution in [2.24, 2.45) is 23.7 Å². The van der Waals surface area contributed by atoms with Gasteiger partial charge in [0.2, 0.25) is 0 Å². The SMILES string of the molecule is O=C1[C@@H]2[C@@H]3CC[C@H](C3)[C@H]2C(=O)N1O. The first-order valence-electron chi connectivity index (χ1n) is 4.77. The molecule has 3 fully saturated rings. The summed E-state index contributed by atoms with van der Waals surface area (Å²) >= 11 is 0. The van der Waals surface area contributed by atoms with Gasteiger partial charge in [0.1, 0.15) is 0 Å². The van der Waals surface area contributed by atoms with Crippen molar-refractivity contribution in [3.8, 4) is 0 Å². The van der Waals surface area contributed by atoms with Gasteiger partial charge in [-0.2, -0.15) is 5.06 Å². The molecule has 0 aromatic heterocycles.